The average molecular weight is 456 g/mol. The van der Waals surface area contributed by atoms with Crippen molar-refractivity contribution in [2.75, 3.05) is 38.0 Å². The van der Waals surface area contributed by atoms with Gasteiger partial charge in [0.05, 0.1) is 27.2 Å². The van der Waals surface area contributed by atoms with Crippen molar-refractivity contribution in [3.8, 4) is 0 Å². The Morgan fingerprint density at radius 1 is 1.00 bits per heavy atom. The van der Waals surface area contributed by atoms with Gasteiger partial charge in [-0.25, -0.2) is 8.42 Å². The van der Waals surface area contributed by atoms with E-state index in [2.05, 4.69) is 5.32 Å². The molecule has 1 saturated heterocycles. The Labute approximate surface area is 181 Å². The first-order chi connectivity index (χ1) is 13.7. The SMILES string of the molecule is Cc1ccc(S(=O)(=O)N2CCN(CC(=O)Nc3c(Cl)ccc(C)c3Cl)CC2)cc1. The van der Waals surface area contributed by atoms with E-state index in [-0.39, 0.29) is 17.3 Å². The Hall–Kier alpha value is -1.64. The second-order valence-corrected chi connectivity index (χ2v) is 9.82. The maximum absolute atomic E-state index is 12.8. The first-order valence-electron chi connectivity index (χ1n) is 9.22. The number of halogens is 2. The summed E-state index contributed by atoms with van der Waals surface area (Å²) in [6.07, 6.45) is 0. The number of hydrogen-bond donors (Lipinski definition) is 1. The molecule has 2 aromatic carbocycles. The van der Waals surface area contributed by atoms with Gasteiger partial charge in [0.25, 0.3) is 0 Å². The Morgan fingerprint density at radius 3 is 2.24 bits per heavy atom. The normalized spacial score (nSPS) is 16.0. The molecule has 1 aliphatic heterocycles. The van der Waals surface area contributed by atoms with Gasteiger partial charge in [-0.05, 0) is 37.6 Å². The van der Waals surface area contributed by atoms with E-state index in [0.29, 0.717) is 41.9 Å². The number of nitrogens with one attached hydrogen (secondary N) is 1. The Bertz CT molecular complexity index is 1000. The fourth-order valence-corrected chi connectivity index (χ4v) is 5.03. The summed E-state index contributed by atoms with van der Waals surface area (Å²) in [6.45, 7) is 5.48. The van der Waals surface area contributed by atoms with Gasteiger partial charge in [0.1, 0.15) is 0 Å². The van der Waals surface area contributed by atoms with Crippen molar-refractivity contribution in [1.29, 1.82) is 0 Å². The number of carbonyl (C=O) groups is 1. The minimum atomic E-state index is -3.52. The van der Waals surface area contributed by atoms with Crippen LogP contribution in [0.4, 0.5) is 5.69 Å². The van der Waals surface area contributed by atoms with E-state index in [1.165, 1.54) is 4.31 Å². The third kappa shape index (κ3) is 5.10. The van der Waals surface area contributed by atoms with Crippen LogP contribution in [-0.4, -0.2) is 56.3 Å². The third-order valence-electron chi connectivity index (χ3n) is 4.91. The summed E-state index contributed by atoms with van der Waals surface area (Å²) in [5.74, 6) is -0.241. The molecule has 29 heavy (non-hydrogen) atoms. The maximum atomic E-state index is 12.8. The molecule has 156 valence electrons. The smallest absolute Gasteiger partial charge is 0.243 e. The van der Waals surface area contributed by atoms with Gasteiger partial charge in [-0.1, -0.05) is 47.0 Å². The summed E-state index contributed by atoms with van der Waals surface area (Å²) in [7, 11) is -3.52. The van der Waals surface area contributed by atoms with Crippen LogP contribution >= 0.6 is 23.2 Å². The molecule has 3 rings (SSSR count). The van der Waals surface area contributed by atoms with Crippen molar-refractivity contribution in [3.05, 3.63) is 57.6 Å². The lowest BCUT2D eigenvalue weighted by Crippen LogP contribution is -2.50. The second-order valence-electron chi connectivity index (χ2n) is 7.09. The zero-order valence-electron chi connectivity index (χ0n) is 16.3. The average Bonchev–Trinajstić information content (AvgIpc) is 2.69. The number of aryl methyl sites for hydroxylation is 2. The van der Waals surface area contributed by atoms with Crippen LogP contribution in [0.3, 0.4) is 0 Å². The van der Waals surface area contributed by atoms with E-state index in [4.69, 9.17) is 23.2 Å². The number of nitrogens with zero attached hydrogens (tertiary/aromatic N) is 2. The molecule has 1 N–H and O–H groups in total. The Morgan fingerprint density at radius 2 is 1.62 bits per heavy atom. The minimum absolute atomic E-state index is 0.138. The molecule has 0 aliphatic carbocycles. The molecule has 0 radical (unpaired) electrons. The molecule has 0 aromatic heterocycles. The number of sulfonamides is 1. The molecule has 0 unspecified atom stereocenters. The van der Waals surface area contributed by atoms with Gasteiger partial charge in [-0.2, -0.15) is 4.31 Å². The summed E-state index contributed by atoms with van der Waals surface area (Å²) >= 11 is 12.4. The number of piperazine rings is 1. The van der Waals surface area contributed by atoms with Crippen LogP contribution in [0.2, 0.25) is 10.0 Å². The van der Waals surface area contributed by atoms with Crippen molar-refractivity contribution in [2.24, 2.45) is 0 Å². The number of amides is 1. The molecule has 1 heterocycles. The van der Waals surface area contributed by atoms with E-state index >= 15 is 0 Å². The summed E-state index contributed by atoms with van der Waals surface area (Å²) in [5, 5.41) is 3.56. The summed E-state index contributed by atoms with van der Waals surface area (Å²) in [6, 6.07) is 10.3. The van der Waals surface area contributed by atoms with E-state index in [1.54, 1.807) is 36.4 Å². The van der Waals surface area contributed by atoms with E-state index in [9.17, 15) is 13.2 Å². The van der Waals surface area contributed by atoms with Gasteiger partial charge >= 0.3 is 0 Å². The van der Waals surface area contributed by atoms with Gasteiger partial charge in [-0.15, -0.1) is 0 Å². The van der Waals surface area contributed by atoms with Gasteiger partial charge in [0.2, 0.25) is 15.9 Å². The van der Waals surface area contributed by atoms with Crippen LogP contribution < -0.4 is 5.32 Å². The Kier molecular flexibility index (Phi) is 6.86. The predicted octanol–water partition coefficient (Wildman–Crippen LogP) is 3.56. The lowest BCUT2D eigenvalue weighted by atomic mass is 10.2. The van der Waals surface area contributed by atoms with Crippen LogP contribution in [0, 0.1) is 13.8 Å². The molecule has 0 atom stereocenters. The lowest BCUT2D eigenvalue weighted by molar-refractivity contribution is -0.117. The molecule has 1 fully saturated rings. The van der Waals surface area contributed by atoms with Gasteiger partial charge in [0.15, 0.2) is 0 Å². The van der Waals surface area contributed by atoms with Crippen LogP contribution in [0.25, 0.3) is 0 Å². The summed E-state index contributed by atoms with van der Waals surface area (Å²) in [4.78, 5) is 14.6. The molecule has 1 amide bonds. The highest BCUT2D eigenvalue weighted by Crippen LogP contribution is 2.32. The fraction of sp³-hybridized carbons (Fsp3) is 0.350. The molecule has 1 aliphatic rings. The van der Waals surface area contributed by atoms with Gasteiger partial charge < -0.3 is 5.32 Å². The Balaban J connectivity index is 1.58. The fourth-order valence-electron chi connectivity index (χ4n) is 3.14. The van der Waals surface area contributed by atoms with Crippen LogP contribution in [0.5, 0.6) is 0 Å². The van der Waals surface area contributed by atoms with Crippen molar-refractivity contribution in [1.82, 2.24) is 9.21 Å². The topological polar surface area (TPSA) is 69.7 Å². The summed E-state index contributed by atoms with van der Waals surface area (Å²) in [5.41, 5.74) is 2.23. The van der Waals surface area contributed by atoms with E-state index in [1.807, 2.05) is 18.7 Å². The highest BCUT2D eigenvalue weighted by Gasteiger charge is 2.29. The van der Waals surface area contributed by atoms with Gasteiger partial charge in [0, 0.05) is 26.2 Å². The predicted molar refractivity (Wildman–Crippen MR) is 116 cm³/mol. The minimum Gasteiger partial charge on any atom is -0.322 e. The first-order valence-corrected chi connectivity index (χ1v) is 11.4. The van der Waals surface area contributed by atoms with Gasteiger partial charge in [-0.3, -0.25) is 9.69 Å². The third-order valence-corrected chi connectivity index (χ3v) is 7.62. The van der Waals surface area contributed by atoms with Crippen molar-refractivity contribution in [3.63, 3.8) is 0 Å². The second kappa shape index (κ2) is 9.02. The van der Waals surface area contributed by atoms with Crippen LogP contribution in [-0.2, 0) is 14.8 Å². The quantitative estimate of drug-likeness (QED) is 0.747. The monoisotopic (exact) mass is 455 g/mol. The molecular formula is C20H23Cl2N3O3S. The number of carbonyl (C=O) groups excluding carboxylic acids is 1. The molecule has 0 saturated carbocycles. The zero-order chi connectivity index (χ0) is 21.2. The molecule has 2 aromatic rings. The molecule has 0 spiro atoms. The maximum Gasteiger partial charge on any atom is 0.243 e. The number of rotatable bonds is 5. The van der Waals surface area contributed by atoms with E-state index < -0.39 is 10.0 Å². The molecule has 9 heteroatoms. The van der Waals surface area contributed by atoms with Crippen molar-refractivity contribution >= 4 is 44.8 Å². The van der Waals surface area contributed by atoms with Crippen molar-refractivity contribution < 1.29 is 13.2 Å². The number of benzene rings is 2. The molecular weight excluding hydrogens is 433 g/mol. The molecule has 0 bridgehead atoms. The highest BCUT2D eigenvalue weighted by molar-refractivity contribution is 7.89. The number of hydrogen-bond acceptors (Lipinski definition) is 4. The van der Waals surface area contributed by atoms with Crippen LogP contribution in [0.15, 0.2) is 41.3 Å². The van der Waals surface area contributed by atoms with E-state index in [0.717, 1.165) is 11.1 Å². The highest BCUT2D eigenvalue weighted by atomic mass is 35.5. The first kappa shape index (κ1) is 22.1. The largest absolute Gasteiger partial charge is 0.322 e. The summed E-state index contributed by atoms with van der Waals surface area (Å²) < 4.78 is 27.0. The zero-order valence-corrected chi connectivity index (χ0v) is 18.6. The van der Waals surface area contributed by atoms with Crippen molar-refractivity contribution in [2.45, 2.75) is 18.7 Å². The van der Waals surface area contributed by atoms with Crippen LogP contribution in [0.1, 0.15) is 11.1 Å². The standard InChI is InChI=1S/C20H23Cl2N3O3S/c1-14-3-6-16(7-4-14)29(27,28)25-11-9-24(10-12-25)13-18(26)23-20-17(21)8-5-15(2)19(20)22/h3-8H,9-13H2,1-2H3,(H,23,26). The number of anilines is 1. The lowest BCUT2D eigenvalue weighted by Gasteiger charge is -2.33. The molecule has 6 nitrogen and oxygen atoms in total.